The minimum Gasteiger partial charge on any atom is -0.342 e. The second kappa shape index (κ2) is 7.55. The summed E-state index contributed by atoms with van der Waals surface area (Å²) in [4.78, 5) is 37.7. The van der Waals surface area contributed by atoms with Crippen LogP contribution < -0.4 is 10.5 Å². The first-order chi connectivity index (χ1) is 15.3. The van der Waals surface area contributed by atoms with Crippen molar-refractivity contribution in [3.8, 4) is 11.3 Å². The molecule has 2 aliphatic rings. The van der Waals surface area contributed by atoms with Gasteiger partial charge in [-0.05, 0) is 25.1 Å². The summed E-state index contributed by atoms with van der Waals surface area (Å²) in [7, 11) is 3.57. The lowest BCUT2D eigenvalue weighted by molar-refractivity contribution is 0.0772. The molecular formula is C24H24FN5O2. The van der Waals surface area contributed by atoms with E-state index >= 15 is 0 Å². The van der Waals surface area contributed by atoms with E-state index in [0.717, 1.165) is 11.8 Å². The second-order valence-corrected chi connectivity index (χ2v) is 8.70. The van der Waals surface area contributed by atoms with Gasteiger partial charge in [-0.25, -0.2) is 9.37 Å². The summed E-state index contributed by atoms with van der Waals surface area (Å²) < 4.78 is 15.7. The molecule has 0 radical (unpaired) electrons. The maximum atomic E-state index is 14.2. The predicted molar refractivity (Wildman–Crippen MR) is 119 cm³/mol. The molecule has 3 aromatic rings. The summed E-state index contributed by atoms with van der Waals surface area (Å²) in [6.07, 6.45) is 2.59. The van der Waals surface area contributed by atoms with E-state index in [-0.39, 0.29) is 28.8 Å². The van der Waals surface area contributed by atoms with Crippen LogP contribution in [0.25, 0.3) is 11.3 Å². The first kappa shape index (κ1) is 20.4. The van der Waals surface area contributed by atoms with E-state index in [1.807, 2.05) is 48.0 Å². The molecule has 7 nitrogen and oxygen atoms in total. The highest BCUT2D eigenvalue weighted by Gasteiger charge is 2.59. The van der Waals surface area contributed by atoms with Crippen LogP contribution in [0.2, 0.25) is 0 Å². The summed E-state index contributed by atoms with van der Waals surface area (Å²) >= 11 is 0. The number of pyridine rings is 1. The van der Waals surface area contributed by atoms with Crippen molar-refractivity contribution < 1.29 is 9.18 Å². The minimum absolute atomic E-state index is 0.0583. The van der Waals surface area contributed by atoms with Crippen LogP contribution in [0.4, 0.5) is 10.3 Å². The van der Waals surface area contributed by atoms with E-state index in [0.29, 0.717) is 36.4 Å². The molecular weight excluding hydrogens is 409 g/mol. The second-order valence-electron chi connectivity index (χ2n) is 8.70. The van der Waals surface area contributed by atoms with Gasteiger partial charge in [0.25, 0.3) is 11.5 Å². The van der Waals surface area contributed by atoms with Gasteiger partial charge in [0.1, 0.15) is 0 Å². The van der Waals surface area contributed by atoms with E-state index in [1.54, 1.807) is 7.05 Å². The molecule has 0 spiro atoms. The largest absolute Gasteiger partial charge is 0.342 e. The number of aryl methyl sites for hydroxylation is 1. The Balaban J connectivity index is 1.35. The number of piperidine rings is 1. The van der Waals surface area contributed by atoms with Gasteiger partial charge < -0.3 is 9.80 Å². The number of benzene rings is 1. The summed E-state index contributed by atoms with van der Waals surface area (Å²) in [5.74, 6) is 0.678. The SMILES string of the molecule is Cc1cccc(C(=O)N2C[C@@H]3[C@H](C2)[C@@H]3N(C)c2nc(-c3ccncc3F)cc(=O)n2C)c1. The molecule has 3 heterocycles. The van der Waals surface area contributed by atoms with Crippen LogP contribution in [0.15, 0.2) is 53.6 Å². The molecule has 0 unspecified atom stereocenters. The van der Waals surface area contributed by atoms with Gasteiger partial charge in [0.2, 0.25) is 5.95 Å². The molecule has 8 heteroatoms. The molecule has 5 rings (SSSR count). The zero-order chi connectivity index (χ0) is 22.6. The highest BCUT2D eigenvalue weighted by atomic mass is 19.1. The van der Waals surface area contributed by atoms with Crippen LogP contribution >= 0.6 is 0 Å². The van der Waals surface area contributed by atoms with E-state index in [9.17, 15) is 14.0 Å². The number of likely N-dealkylation sites (tertiary alicyclic amines) is 1. The normalized spacial score (nSPS) is 21.4. The summed E-state index contributed by atoms with van der Waals surface area (Å²) in [5.41, 5.74) is 2.06. The minimum atomic E-state index is -0.518. The third-order valence-electron chi connectivity index (χ3n) is 6.62. The van der Waals surface area contributed by atoms with Crippen molar-refractivity contribution in [2.24, 2.45) is 18.9 Å². The number of aromatic nitrogens is 3. The Hall–Kier alpha value is -3.55. The average molecular weight is 433 g/mol. The number of nitrogens with zero attached hydrogens (tertiary/aromatic N) is 5. The van der Waals surface area contributed by atoms with E-state index in [2.05, 4.69) is 9.97 Å². The smallest absolute Gasteiger partial charge is 0.255 e. The van der Waals surface area contributed by atoms with Crippen molar-refractivity contribution in [3.05, 3.63) is 76.1 Å². The fourth-order valence-corrected chi connectivity index (χ4v) is 4.89. The van der Waals surface area contributed by atoms with Crippen LogP contribution in [0.3, 0.4) is 0 Å². The molecule has 3 atom stereocenters. The Morgan fingerprint density at radius 2 is 1.94 bits per heavy atom. The van der Waals surface area contributed by atoms with Crippen LogP contribution in [-0.4, -0.2) is 51.5 Å². The maximum absolute atomic E-state index is 14.2. The van der Waals surface area contributed by atoms with Crippen molar-refractivity contribution in [2.75, 3.05) is 25.0 Å². The number of hydrogen-bond acceptors (Lipinski definition) is 5. The van der Waals surface area contributed by atoms with E-state index in [1.165, 1.54) is 22.9 Å². The van der Waals surface area contributed by atoms with Gasteiger partial charge in [0, 0.05) is 68.5 Å². The molecule has 0 N–H and O–H groups in total. The number of hydrogen-bond donors (Lipinski definition) is 0. The van der Waals surface area contributed by atoms with Crippen molar-refractivity contribution >= 4 is 11.9 Å². The van der Waals surface area contributed by atoms with E-state index in [4.69, 9.17) is 0 Å². The number of anilines is 1. The summed E-state index contributed by atoms with van der Waals surface area (Å²) in [6.45, 7) is 3.34. The molecule has 0 bridgehead atoms. The average Bonchev–Trinajstić information content (AvgIpc) is 3.28. The van der Waals surface area contributed by atoms with Crippen LogP contribution in [0.5, 0.6) is 0 Å². The van der Waals surface area contributed by atoms with Crippen molar-refractivity contribution in [2.45, 2.75) is 13.0 Å². The Morgan fingerprint density at radius 1 is 1.19 bits per heavy atom. The number of fused-ring (bicyclic) bond motifs is 1. The lowest BCUT2D eigenvalue weighted by Crippen LogP contribution is -2.38. The lowest BCUT2D eigenvalue weighted by atomic mass is 10.1. The van der Waals surface area contributed by atoms with E-state index < -0.39 is 5.82 Å². The van der Waals surface area contributed by atoms with Gasteiger partial charge >= 0.3 is 0 Å². The zero-order valence-corrected chi connectivity index (χ0v) is 18.2. The van der Waals surface area contributed by atoms with Crippen molar-refractivity contribution in [3.63, 3.8) is 0 Å². The highest BCUT2D eigenvalue weighted by molar-refractivity contribution is 5.94. The van der Waals surface area contributed by atoms with Crippen LogP contribution in [-0.2, 0) is 7.05 Å². The summed E-state index contributed by atoms with van der Waals surface area (Å²) in [5, 5.41) is 0. The van der Waals surface area contributed by atoms with Crippen molar-refractivity contribution in [1.82, 2.24) is 19.4 Å². The van der Waals surface area contributed by atoms with Gasteiger partial charge in [-0.1, -0.05) is 17.7 Å². The maximum Gasteiger partial charge on any atom is 0.255 e. The molecule has 164 valence electrons. The standard InChI is InChI=1S/C24H24FN5O2/c1-14-5-4-6-15(9-14)23(32)30-12-17-18(13-30)22(17)29(3)24-27-20(10-21(31)28(24)2)16-7-8-26-11-19(16)25/h4-11,17-18,22H,12-13H2,1-3H3/t17-,18+,22-. The third-order valence-corrected chi connectivity index (χ3v) is 6.62. The molecule has 2 aromatic heterocycles. The van der Waals surface area contributed by atoms with Gasteiger partial charge in [-0.2, -0.15) is 0 Å². The van der Waals surface area contributed by atoms with Crippen LogP contribution in [0, 0.1) is 24.6 Å². The quantitative estimate of drug-likeness (QED) is 0.632. The first-order valence-electron chi connectivity index (χ1n) is 10.6. The highest BCUT2D eigenvalue weighted by Crippen LogP contribution is 2.49. The monoisotopic (exact) mass is 433 g/mol. The zero-order valence-electron chi connectivity index (χ0n) is 18.2. The predicted octanol–water partition coefficient (Wildman–Crippen LogP) is 2.50. The Morgan fingerprint density at radius 3 is 2.62 bits per heavy atom. The topological polar surface area (TPSA) is 71.3 Å². The number of amides is 1. The number of halogens is 1. The number of carbonyl (C=O) groups is 1. The summed E-state index contributed by atoms with van der Waals surface area (Å²) in [6, 6.07) is 10.7. The fourth-order valence-electron chi connectivity index (χ4n) is 4.89. The molecule has 32 heavy (non-hydrogen) atoms. The van der Waals surface area contributed by atoms with Crippen LogP contribution in [0.1, 0.15) is 15.9 Å². The Bertz CT molecular complexity index is 1260. The number of carbonyl (C=O) groups excluding carboxylic acids is 1. The van der Waals surface area contributed by atoms with Gasteiger partial charge in [0.15, 0.2) is 5.82 Å². The Kier molecular flexibility index (Phi) is 4.80. The molecule has 2 fully saturated rings. The van der Waals surface area contributed by atoms with Gasteiger partial charge in [-0.3, -0.25) is 19.1 Å². The number of rotatable bonds is 4. The first-order valence-corrected chi connectivity index (χ1v) is 10.6. The van der Waals surface area contributed by atoms with Gasteiger partial charge in [-0.15, -0.1) is 0 Å². The molecule has 1 saturated heterocycles. The third kappa shape index (κ3) is 3.36. The molecule has 1 amide bonds. The van der Waals surface area contributed by atoms with Gasteiger partial charge in [0.05, 0.1) is 11.9 Å². The molecule has 1 aromatic carbocycles. The molecule has 1 saturated carbocycles. The molecule has 1 aliphatic carbocycles. The lowest BCUT2D eigenvalue weighted by Gasteiger charge is -2.26. The molecule has 1 aliphatic heterocycles. The van der Waals surface area contributed by atoms with Crippen molar-refractivity contribution in [1.29, 1.82) is 0 Å². The fraction of sp³-hybridized carbons (Fsp3) is 0.333. The Labute approximate surface area is 185 Å².